The molecule has 0 saturated heterocycles. The molecule has 15 aliphatic carbocycles. The number of thioether (sulfide) groups is 1. The fourth-order valence-electron chi connectivity index (χ4n) is 23.8. The molecule has 12 heterocycles. The largest absolute Gasteiger partial charge is 0.481 e. The Labute approximate surface area is 768 Å². The van der Waals surface area contributed by atoms with E-state index in [1.165, 1.54) is 36.0 Å². The number of fused-ring (bicyclic) bond motifs is 16. The maximum atomic E-state index is 15.8. The molecular formula is C95H93F9N22O8S. The first-order valence-corrected chi connectivity index (χ1v) is 46.9. The van der Waals surface area contributed by atoms with Crippen molar-refractivity contribution < 1.29 is 79.1 Å². The molecule has 10 atom stereocenters. The fraction of sp³-hybridized carbons (Fsp3) is 0.516. The van der Waals surface area contributed by atoms with Gasteiger partial charge in [-0.25, -0.2) is 106 Å². The highest BCUT2D eigenvalue weighted by Crippen LogP contribution is 2.58. The Morgan fingerprint density at radius 1 is 0.430 bits per heavy atom. The van der Waals surface area contributed by atoms with Gasteiger partial charge in [0.1, 0.15) is 67.9 Å². The molecule has 40 heteroatoms. The lowest BCUT2D eigenvalue weighted by Gasteiger charge is -2.46. The van der Waals surface area contributed by atoms with Crippen molar-refractivity contribution in [1.82, 2.24) is 101 Å². The maximum Gasteiger partial charge on any atom is 0.307 e. The number of pyridine rings is 4. The van der Waals surface area contributed by atoms with Crippen molar-refractivity contribution in [2.75, 3.05) is 0 Å². The SMILES string of the molecule is CC(C)(C)Sc1nc(-c2[nH]nc3ncc(F)cc23)nc(CC2C3CCC(CC3)C2C(=O)O)c1F.N#CC1(c2nc(-c3[nH]nc4ncc(F)cc34)nc(CC3C4CCC(CC4)C3C(=O)O)c2F)CC1.O=C(O)C1C2CCC(CC2)C1Cc1nc(-c2[nH]nc3ncc(F)cc23)nc(C2(F)CC2)c1F.[C-]#[N+]C1CC1c1nc(-c2[nH]nc3ncc(F)cc23)nc(CC2C3CCC(CC3)C2C(=O)O)c1F. The molecule has 135 heavy (non-hydrogen) atoms. The van der Waals surface area contributed by atoms with Gasteiger partial charge in [-0.3, -0.25) is 39.6 Å². The van der Waals surface area contributed by atoms with Gasteiger partial charge in [0.05, 0.1) is 110 Å². The lowest BCUT2D eigenvalue weighted by molar-refractivity contribution is -0.153. The van der Waals surface area contributed by atoms with Crippen LogP contribution in [0.15, 0.2) is 54.1 Å². The van der Waals surface area contributed by atoms with Gasteiger partial charge in [0.2, 0.25) is 6.04 Å². The van der Waals surface area contributed by atoms with E-state index in [1.54, 1.807) is 0 Å². The molecule has 700 valence electrons. The van der Waals surface area contributed by atoms with E-state index in [1.807, 2.05) is 20.8 Å². The molecule has 15 aliphatic rings. The highest BCUT2D eigenvalue weighted by atomic mass is 32.2. The molecular weight excluding hydrogens is 1780 g/mol. The van der Waals surface area contributed by atoms with Crippen molar-refractivity contribution in [2.45, 2.75) is 214 Å². The normalized spacial score (nSPS) is 27.3. The zero-order valence-corrected chi connectivity index (χ0v) is 74.3. The molecule has 12 aromatic heterocycles. The lowest BCUT2D eigenvalue weighted by Crippen LogP contribution is -2.45. The summed E-state index contributed by atoms with van der Waals surface area (Å²) in [6.07, 6.45) is 21.4. The van der Waals surface area contributed by atoms with Crippen LogP contribution in [0, 0.1) is 159 Å². The van der Waals surface area contributed by atoms with Crippen molar-refractivity contribution in [3.8, 4) is 52.1 Å². The number of nitrogens with one attached hydrogen (secondary N) is 4. The van der Waals surface area contributed by atoms with Crippen LogP contribution in [-0.2, 0) is 55.9 Å². The first-order valence-electron chi connectivity index (χ1n) is 46.1. The molecule has 0 amide bonds. The van der Waals surface area contributed by atoms with Crippen LogP contribution in [0.3, 0.4) is 0 Å². The van der Waals surface area contributed by atoms with Gasteiger partial charge in [0, 0.05) is 11.2 Å². The minimum atomic E-state index is -1.87. The summed E-state index contributed by atoms with van der Waals surface area (Å²) >= 11 is 1.28. The predicted molar refractivity (Wildman–Crippen MR) is 466 cm³/mol. The number of nitriles is 1. The molecule has 10 unspecified atom stereocenters. The number of halogens is 9. The number of aliphatic carboxylic acids is 4. The van der Waals surface area contributed by atoms with Crippen LogP contribution in [0.1, 0.15) is 201 Å². The number of aromatic amines is 4. The molecule has 0 aliphatic heterocycles. The first kappa shape index (κ1) is 90.2. The summed E-state index contributed by atoms with van der Waals surface area (Å²) in [7, 11) is 0. The van der Waals surface area contributed by atoms with Crippen LogP contribution in [0.5, 0.6) is 0 Å². The number of H-pyrrole nitrogens is 4. The van der Waals surface area contributed by atoms with Gasteiger partial charge in [-0.1, -0.05) is 32.5 Å². The monoisotopic (exact) mass is 1870 g/mol. The highest BCUT2D eigenvalue weighted by molar-refractivity contribution is 8.00. The average molecular weight is 1870 g/mol. The van der Waals surface area contributed by atoms with Gasteiger partial charge < -0.3 is 25.3 Å². The number of nitrogens with zero attached hydrogens (tertiary/aromatic N) is 18. The molecule has 15 fully saturated rings. The van der Waals surface area contributed by atoms with Gasteiger partial charge in [-0.2, -0.15) is 25.7 Å². The highest BCUT2D eigenvalue weighted by Gasteiger charge is 2.56. The van der Waals surface area contributed by atoms with E-state index in [0.29, 0.717) is 57.8 Å². The summed E-state index contributed by atoms with van der Waals surface area (Å²) in [6.45, 7) is 13.2. The summed E-state index contributed by atoms with van der Waals surface area (Å²) < 4.78 is 133. The van der Waals surface area contributed by atoms with Gasteiger partial charge in [0.25, 0.3) is 0 Å². The third-order valence-electron chi connectivity index (χ3n) is 30.7. The summed E-state index contributed by atoms with van der Waals surface area (Å²) in [5, 5.41) is 78.5. The second-order valence-corrected chi connectivity index (χ2v) is 41.5. The van der Waals surface area contributed by atoms with Crippen molar-refractivity contribution >= 4 is 79.8 Å². The van der Waals surface area contributed by atoms with E-state index in [-0.39, 0.29) is 223 Å². The number of hydrogen-bond donors (Lipinski definition) is 8. The third kappa shape index (κ3) is 17.2. The Morgan fingerprint density at radius 2 is 0.726 bits per heavy atom. The third-order valence-corrected chi connectivity index (χ3v) is 31.8. The molecule has 8 bridgehead atoms. The molecule has 15 saturated carbocycles. The lowest BCUT2D eigenvalue weighted by atomic mass is 9.57. The molecule has 0 aromatic carbocycles. The Hall–Kier alpha value is -12.6. The summed E-state index contributed by atoms with van der Waals surface area (Å²) in [6, 6.07) is 6.90. The van der Waals surface area contributed by atoms with Crippen LogP contribution in [-0.4, -0.2) is 156 Å². The number of hydrogen-bond acceptors (Lipinski definition) is 22. The second-order valence-electron chi connectivity index (χ2n) is 39.7. The van der Waals surface area contributed by atoms with E-state index in [4.69, 9.17) is 6.57 Å². The Kier molecular flexibility index (Phi) is 23.6. The van der Waals surface area contributed by atoms with Crippen molar-refractivity contribution in [3.05, 3.63) is 147 Å². The quantitative estimate of drug-likeness (QED) is 0.0152. The number of alkyl halides is 1. The van der Waals surface area contributed by atoms with Gasteiger partial charge >= 0.3 is 23.9 Å². The number of carboxylic acids is 4. The zero-order chi connectivity index (χ0) is 94.3. The van der Waals surface area contributed by atoms with E-state index >= 15 is 22.0 Å². The minimum Gasteiger partial charge on any atom is -0.481 e. The van der Waals surface area contributed by atoms with Crippen LogP contribution in [0.25, 0.3) is 95.1 Å². The molecule has 0 spiro atoms. The molecule has 12 aromatic rings. The van der Waals surface area contributed by atoms with E-state index in [0.717, 1.165) is 128 Å². The first-order chi connectivity index (χ1) is 64.8. The Morgan fingerprint density at radius 3 is 1.02 bits per heavy atom. The van der Waals surface area contributed by atoms with E-state index < -0.39 is 105 Å². The molecule has 8 N–H and O–H groups in total. The van der Waals surface area contributed by atoms with Crippen molar-refractivity contribution in [3.63, 3.8) is 0 Å². The number of carbonyl (C=O) groups is 4. The van der Waals surface area contributed by atoms with Gasteiger partial charge in [-0.05, 0) is 249 Å². The second kappa shape index (κ2) is 35.3. The average Bonchev–Trinajstić information content (AvgIpc) is 1.42. The predicted octanol–water partition coefficient (Wildman–Crippen LogP) is 17.7. The summed E-state index contributed by atoms with van der Waals surface area (Å²) in [4.78, 5) is 103. The maximum absolute atomic E-state index is 15.8. The van der Waals surface area contributed by atoms with Crippen molar-refractivity contribution in [2.24, 2.45) is 94.7 Å². The fourth-order valence-corrected chi connectivity index (χ4v) is 24.7. The van der Waals surface area contributed by atoms with Gasteiger partial charge in [0.15, 0.2) is 74.8 Å². The van der Waals surface area contributed by atoms with E-state index in [2.05, 4.69) is 112 Å². The Bertz CT molecular complexity index is 6820. The number of carboxylic acid groups (broad SMARTS) is 4. The zero-order valence-electron chi connectivity index (χ0n) is 73.5. The van der Waals surface area contributed by atoms with Gasteiger partial charge in [-0.15, -0.1) is 0 Å². The number of rotatable bonds is 20. The standard InChI is InChI=1S/2C24H22F2N6O2.C24H27F2N5O2S.C23H22F3N5O2/c1-27-16-8-14(16)20-19(26)17(7-13-10-2-4-11(5-3-10)18(13)24(33)34)29-23(30-20)21-15-6-12(25)9-28-22(15)32-31-21;25-13-7-15-19(31-32-21(15)28-9-13)22-29-16(18(26)20(30-22)24(10-27)5-6-24)8-14-11-1-3-12(4-2-11)17(14)23(33)34;1-24(2,3)34-22-18(26)16(9-14-11-4-6-12(7-5-11)17(14)23(32)33)28-21(29-22)19-15-8-13(25)10-27-20(15)31-30-19;24-12-7-14-18(30-31-20(14)27-9-12)21-28-15(17(25)19(29-21)23(26)5-6-23)8-13-10-1-3-11(4-2-10)16(13)22(32)33/h6,9-11,13-14,16,18H,2-5,7-8H2,(H,33,34)(H,28,31,32);7,9,11-12,14,17H,1-6,8H2,(H,33,34)(H,28,31,32);8,10-12,14,17H,4-7,9H2,1-3H3,(H,32,33)(H,27,30,31);7,9-11,13,16H,1-6,8H2,(H,32,33)(H,27,30,31). The van der Waals surface area contributed by atoms with Crippen LogP contribution < -0.4 is 0 Å². The smallest absolute Gasteiger partial charge is 0.307 e. The minimum absolute atomic E-state index is 0.00747. The summed E-state index contributed by atoms with van der Waals surface area (Å²) in [5.74, 6) is -9.68. The summed E-state index contributed by atoms with van der Waals surface area (Å²) in [5.41, 5.74) is -0.236. The topological polar surface area (TPSA) is 447 Å². The molecule has 30 nitrogen and oxygen atoms in total. The molecule has 0 radical (unpaired) electrons. The Balaban J connectivity index is 0.000000112. The number of aromatic nitrogens is 20. The van der Waals surface area contributed by atoms with E-state index in [9.17, 15) is 62.4 Å². The van der Waals surface area contributed by atoms with Crippen LogP contribution in [0.4, 0.5) is 39.5 Å². The van der Waals surface area contributed by atoms with Crippen molar-refractivity contribution in [1.29, 1.82) is 5.26 Å². The molecule has 27 rings (SSSR count). The van der Waals surface area contributed by atoms with Crippen LogP contribution in [0.2, 0.25) is 0 Å². The van der Waals surface area contributed by atoms with Crippen LogP contribution >= 0.6 is 11.8 Å².